The summed E-state index contributed by atoms with van der Waals surface area (Å²) in [5.74, 6) is 1.87. The number of para-hydroxylation sites is 1. The second-order valence-electron chi connectivity index (χ2n) is 6.60. The van der Waals surface area contributed by atoms with Crippen LogP contribution in [0.3, 0.4) is 0 Å². The Morgan fingerprint density at radius 1 is 1.29 bits per heavy atom. The number of hydrogen-bond donors (Lipinski definition) is 2. The minimum atomic E-state index is 0.259. The van der Waals surface area contributed by atoms with Crippen LogP contribution in [-0.2, 0) is 0 Å². The molecule has 2 aliphatic rings. The van der Waals surface area contributed by atoms with Crippen molar-refractivity contribution in [3.05, 3.63) is 29.8 Å². The number of likely N-dealkylation sites (tertiary alicyclic amines) is 1. The van der Waals surface area contributed by atoms with Gasteiger partial charge in [0.2, 0.25) is 0 Å². The first-order chi connectivity index (χ1) is 11.8. The first-order valence-electron chi connectivity index (χ1n) is 9.24. The van der Waals surface area contributed by atoms with Crippen molar-refractivity contribution < 1.29 is 4.74 Å². The third kappa shape index (κ3) is 4.01. The van der Waals surface area contributed by atoms with Crippen LogP contribution < -0.4 is 15.4 Å². The number of fused-ring (bicyclic) bond motifs is 1. The SMILES string of the molecule is CCN1CCCCC1CNC(=NC)NC1CCOc2ccccc21. The lowest BCUT2D eigenvalue weighted by atomic mass is 10.0. The molecule has 1 aromatic carbocycles. The fourth-order valence-corrected chi connectivity index (χ4v) is 3.77. The maximum atomic E-state index is 5.75. The minimum Gasteiger partial charge on any atom is -0.493 e. The number of likely N-dealkylation sites (N-methyl/N-ethyl adjacent to an activating group) is 1. The van der Waals surface area contributed by atoms with Gasteiger partial charge >= 0.3 is 0 Å². The Labute approximate surface area is 145 Å². The molecule has 2 heterocycles. The van der Waals surface area contributed by atoms with E-state index in [2.05, 4.69) is 39.6 Å². The summed E-state index contributed by atoms with van der Waals surface area (Å²) in [6.45, 7) is 6.31. The van der Waals surface area contributed by atoms with E-state index in [9.17, 15) is 0 Å². The van der Waals surface area contributed by atoms with Gasteiger partial charge in [-0.2, -0.15) is 0 Å². The molecule has 0 aromatic heterocycles. The molecule has 0 spiro atoms. The molecule has 0 aliphatic carbocycles. The smallest absolute Gasteiger partial charge is 0.191 e. The molecular weight excluding hydrogens is 300 g/mol. The van der Waals surface area contributed by atoms with Crippen LogP contribution in [0, 0.1) is 0 Å². The van der Waals surface area contributed by atoms with Crippen molar-refractivity contribution in [3.63, 3.8) is 0 Å². The van der Waals surface area contributed by atoms with Crippen LogP contribution in [-0.4, -0.2) is 50.2 Å². The van der Waals surface area contributed by atoms with E-state index in [1.165, 1.54) is 31.4 Å². The van der Waals surface area contributed by atoms with E-state index in [1.807, 2.05) is 19.2 Å². The largest absolute Gasteiger partial charge is 0.493 e. The van der Waals surface area contributed by atoms with Gasteiger partial charge in [0.05, 0.1) is 12.6 Å². The molecule has 5 heteroatoms. The molecule has 2 unspecified atom stereocenters. The van der Waals surface area contributed by atoms with E-state index >= 15 is 0 Å². The summed E-state index contributed by atoms with van der Waals surface area (Å²) in [6.07, 6.45) is 4.90. The van der Waals surface area contributed by atoms with Crippen LogP contribution in [0.15, 0.2) is 29.3 Å². The van der Waals surface area contributed by atoms with Gasteiger partial charge < -0.3 is 15.4 Å². The lowest BCUT2D eigenvalue weighted by Crippen LogP contribution is -2.49. The van der Waals surface area contributed by atoms with Gasteiger partial charge in [-0.25, -0.2) is 0 Å². The molecule has 5 nitrogen and oxygen atoms in total. The second-order valence-corrected chi connectivity index (χ2v) is 6.60. The Kier molecular flexibility index (Phi) is 5.96. The van der Waals surface area contributed by atoms with Crippen LogP contribution in [0.2, 0.25) is 0 Å². The maximum Gasteiger partial charge on any atom is 0.191 e. The Morgan fingerprint density at radius 2 is 2.17 bits per heavy atom. The van der Waals surface area contributed by atoms with E-state index < -0.39 is 0 Å². The zero-order valence-electron chi connectivity index (χ0n) is 14.9. The van der Waals surface area contributed by atoms with Crippen molar-refractivity contribution in [1.29, 1.82) is 0 Å². The molecule has 1 fully saturated rings. The average molecular weight is 330 g/mol. The van der Waals surface area contributed by atoms with Gasteiger partial charge in [0.15, 0.2) is 5.96 Å². The Hall–Kier alpha value is -1.75. The van der Waals surface area contributed by atoms with Gasteiger partial charge in [-0.1, -0.05) is 31.5 Å². The van der Waals surface area contributed by atoms with Gasteiger partial charge in [-0.15, -0.1) is 0 Å². The quantitative estimate of drug-likeness (QED) is 0.658. The summed E-state index contributed by atoms with van der Waals surface area (Å²) in [6, 6.07) is 9.15. The standard InChI is InChI=1S/C19H30N4O/c1-3-23-12-7-6-8-15(23)14-21-19(20-2)22-17-11-13-24-18-10-5-4-9-16(17)18/h4-5,9-10,15,17H,3,6-8,11-14H2,1-2H3,(H2,20,21,22). The highest BCUT2D eigenvalue weighted by Crippen LogP contribution is 2.31. The summed E-state index contributed by atoms with van der Waals surface area (Å²) in [7, 11) is 1.85. The summed E-state index contributed by atoms with van der Waals surface area (Å²) in [4.78, 5) is 7.00. The molecular formula is C19H30N4O. The van der Waals surface area contributed by atoms with Gasteiger partial charge in [0, 0.05) is 31.6 Å². The predicted octanol–water partition coefficient (Wildman–Crippen LogP) is 2.55. The molecule has 0 radical (unpaired) electrons. The fraction of sp³-hybridized carbons (Fsp3) is 0.632. The molecule has 0 bridgehead atoms. The summed E-state index contributed by atoms with van der Waals surface area (Å²) in [5.41, 5.74) is 1.22. The number of benzene rings is 1. The highest BCUT2D eigenvalue weighted by Gasteiger charge is 2.23. The number of nitrogens with one attached hydrogen (secondary N) is 2. The van der Waals surface area contributed by atoms with Crippen LogP contribution in [0.1, 0.15) is 44.2 Å². The molecule has 2 aliphatic heterocycles. The van der Waals surface area contributed by atoms with E-state index in [4.69, 9.17) is 4.74 Å². The number of piperidine rings is 1. The van der Waals surface area contributed by atoms with E-state index in [0.29, 0.717) is 6.04 Å². The minimum absolute atomic E-state index is 0.259. The molecule has 1 aromatic rings. The summed E-state index contributed by atoms with van der Waals surface area (Å²) in [5, 5.41) is 7.11. The highest BCUT2D eigenvalue weighted by atomic mass is 16.5. The van der Waals surface area contributed by atoms with Crippen LogP contribution >= 0.6 is 0 Å². The van der Waals surface area contributed by atoms with Gasteiger partial charge in [0.1, 0.15) is 5.75 Å². The van der Waals surface area contributed by atoms with Crippen molar-refractivity contribution in [3.8, 4) is 5.75 Å². The summed E-state index contributed by atoms with van der Waals surface area (Å²) < 4.78 is 5.75. The first-order valence-corrected chi connectivity index (χ1v) is 9.24. The molecule has 2 atom stereocenters. The topological polar surface area (TPSA) is 48.9 Å². The molecule has 0 saturated carbocycles. The third-order valence-corrected chi connectivity index (χ3v) is 5.15. The highest BCUT2D eigenvalue weighted by molar-refractivity contribution is 5.80. The van der Waals surface area contributed by atoms with Crippen molar-refractivity contribution in [2.24, 2.45) is 4.99 Å². The molecule has 1 saturated heterocycles. The first kappa shape index (κ1) is 17.1. The predicted molar refractivity (Wildman–Crippen MR) is 98.7 cm³/mol. The number of hydrogen-bond acceptors (Lipinski definition) is 3. The van der Waals surface area contributed by atoms with Gasteiger partial charge in [-0.3, -0.25) is 9.89 Å². The Balaban J connectivity index is 1.58. The van der Waals surface area contributed by atoms with E-state index in [1.54, 1.807) is 0 Å². The van der Waals surface area contributed by atoms with Crippen molar-refractivity contribution in [2.75, 3.05) is 33.3 Å². The fourth-order valence-electron chi connectivity index (χ4n) is 3.77. The molecule has 132 valence electrons. The lowest BCUT2D eigenvalue weighted by molar-refractivity contribution is 0.157. The van der Waals surface area contributed by atoms with Crippen LogP contribution in [0.4, 0.5) is 0 Å². The zero-order chi connectivity index (χ0) is 16.8. The van der Waals surface area contributed by atoms with Crippen molar-refractivity contribution in [1.82, 2.24) is 15.5 Å². The Morgan fingerprint density at radius 3 is 3.00 bits per heavy atom. The lowest BCUT2D eigenvalue weighted by Gasteiger charge is -2.35. The van der Waals surface area contributed by atoms with Crippen LogP contribution in [0.5, 0.6) is 5.75 Å². The summed E-state index contributed by atoms with van der Waals surface area (Å²) >= 11 is 0. The maximum absolute atomic E-state index is 5.75. The average Bonchev–Trinajstić information content (AvgIpc) is 2.65. The van der Waals surface area contributed by atoms with Crippen LogP contribution in [0.25, 0.3) is 0 Å². The second kappa shape index (κ2) is 8.38. The van der Waals surface area contributed by atoms with Gasteiger partial charge in [-0.05, 0) is 32.0 Å². The van der Waals surface area contributed by atoms with Crippen molar-refractivity contribution in [2.45, 2.75) is 44.7 Å². The monoisotopic (exact) mass is 330 g/mol. The molecule has 2 N–H and O–H groups in total. The van der Waals surface area contributed by atoms with E-state index in [-0.39, 0.29) is 6.04 Å². The number of aliphatic imine (C=N–C) groups is 1. The normalized spacial score (nSPS) is 24.8. The number of ether oxygens (including phenoxy) is 1. The van der Waals surface area contributed by atoms with Gasteiger partial charge in [0.25, 0.3) is 0 Å². The van der Waals surface area contributed by atoms with E-state index in [0.717, 1.165) is 37.8 Å². The molecule has 24 heavy (non-hydrogen) atoms. The Bertz CT molecular complexity index is 560. The van der Waals surface area contributed by atoms with Crippen molar-refractivity contribution >= 4 is 5.96 Å². The number of rotatable bonds is 4. The molecule has 3 rings (SSSR count). The zero-order valence-corrected chi connectivity index (χ0v) is 14.9. The number of nitrogens with zero attached hydrogens (tertiary/aromatic N) is 2. The number of guanidine groups is 1. The third-order valence-electron chi connectivity index (χ3n) is 5.15. The molecule has 0 amide bonds.